The van der Waals surface area contributed by atoms with E-state index in [-0.39, 0.29) is 0 Å². The Balaban J connectivity index is 3.38. The molecule has 0 aliphatic heterocycles. The molecule has 12 heavy (non-hydrogen) atoms. The summed E-state index contributed by atoms with van der Waals surface area (Å²) in [4.78, 5) is 4.12. The molecule has 0 bridgehead atoms. The van der Waals surface area contributed by atoms with Gasteiger partial charge in [-0.05, 0) is 25.5 Å². The smallest absolute Gasteiger partial charge is 0.130 e. The predicted molar refractivity (Wildman–Crippen MR) is 48.5 cm³/mol. The maximum Gasteiger partial charge on any atom is 0.130 e. The molecule has 0 atom stereocenters. The summed E-state index contributed by atoms with van der Waals surface area (Å²) in [6.45, 7) is 3.84. The minimum atomic E-state index is 0.438. The van der Waals surface area contributed by atoms with E-state index in [1.807, 2.05) is 13.8 Å². The van der Waals surface area contributed by atoms with Crippen LogP contribution >= 0.6 is 11.6 Å². The van der Waals surface area contributed by atoms with Crippen LogP contribution in [-0.4, -0.2) is 15.2 Å². The first kappa shape index (κ1) is 9.00. The number of hydrogen-bond donors (Lipinski definition) is 1. The number of halogens is 1. The number of hydrogen-bond acceptors (Lipinski definition) is 2. The highest BCUT2D eigenvalue weighted by molar-refractivity contribution is 6.29. The molecule has 0 amide bonds. The first-order valence-corrected chi connectivity index (χ1v) is 3.95. The Kier molecular flexibility index (Phi) is 3.05. The van der Waals surface area contributed by atoms with Crippen molar-refractivity contribution in [1.29, 1.82) is 0 Å². The molecule has 0 aliphatic rings. The van der Waals surface area contributed by atoms with Gasteiger partial charge in [-0.15, -0.1) is 0 Å². The van der Waals surface area contributed by atoms with Crippen LogP contribution in [0.15, 0.2) is 18.5 Å². The van der Waals surface area contributed by atoms with Crippen molar-refractivity contribution in [2.24, 2.45) is 0 Å². The number of rotatable bonds is 0. The van der Waals surface area contributed by atoms with Crippen LogP contribution in [-0.2, 0) is 0 Å². The van der Waals surface area contributed by atoms with Gasteiger partial charge in [-0.2, -0.15) is 5.10 Å². The third-order valence-corrected chi connectivity index (χ3v) is 1.70. The van der Waals surface area contributed by atoms with Gasteiger partial charge in [0.1, 0.15) is 5.15 Å². The van der Waals surface area contributed by atoms with Gasteiger partial charge in [0, 0.05) is 11.9 Å². The lowest BCUT2D eigenvalue weighted by Crippen LogP contribution is -1.81. The average Bonchev–Trinajstić information content (AvgIpc) is 2.07. The number of nitrogens with one attached hydrogen (secondary N) is 1. The van der Waals surface area contributed by atoms with Crippen molar-refractivity contribution in [3.63, 3.8) is 0 Å². The first-order valence-electron chi connectivity index (χ1n) is 3.57. The van der Waals surface area contributed by atoms with Crippen LogP contribution in [0.1, 0.15) is 11.3 Å². The molecule has 1 aromatic rings. The molecule has 0 spiro atoms. The molecule has 1 heterocycles. The standard InChI is InChI=1S/C8H10ClN3/c1-6-5-11-10-4-3-8(9)12-7(6)2/h3-5,11H,1-2H3. The Morgan fingerprint density at radius 1 is 1.42 bits per heavy atom. The van der Waals surface area contributed by atoms with Crippen LogP contribution < -0.4 is 0 Å². The van der Waals surface area contributed by atoms with Gasteiger partial charge in [-0.3, -0.25) is 5.10 Å². The largest absolute Gasteiger partial charge is 0.285 e. The fraction of sp³-hybridized carbons (Fsp3) is 0.250. The number of H-pyrrole nitrogens is 1. The molecule has 4 heteroatoms. The third-order valence-electron chi connectivity index (χ3n) is 1.49. The number of aromatic nitrogens is 3. The number of aryl methyl sites for hydroxylation is 2. The highest BCUT2D eigenvalue weighted by Gasteiger charge is 1.88. The SMILES string of the molecule is Cc1c[nH]nccc(Cl)nc1C. The zero-order valence-electron chi connectivity index (χ0n) is 7.00. The highest BCUT2D eigenvalue weighted by Crippen LogP contribution is 2.02. The Morgan fingerprint density at radius 3 is 2.92 bits per heavy atom. The van der Waals surface area contributed by atoms with E-state index in [1.165, 1.54) is 0 Å². The summed E-state index contributed by atoms with van der Waals surface area (Å²) >= 11 is 5.75. The van der Waals surface area contributed by atoms with Crippen LogP contribution in [0.25, 0.3) is 0 Å². The zero-order valence-corrected chi connectivity index (χ0v) is 7.76. The van der Waals surface area contributed by atoms with Gasteiger partial charge in [-0.25, -0.2) is 4.98 Å². The van der Waals surface area contributed by atoms with E-state index in [1.54, 1.807) is 18.5 Å². The highest BCUT2D eigenvalue weighted by atomic mass is 35.5. The molecular formula is C8H10ClN3. The van der Waals surface area contributed by atoms with Crippen molar-refractivity contribution >= 4 is 11.6 Å². The van der Waals surface area contributed by atoms with Crippen LogP contribution in [0.5, 0.6) is 0 Å². The molecule has 0 aliphatic carbocycles. The lowest BCUT2D eigenvalue weighted by Gasteiger charge is -1.89. The minimum Gasteiger partial charge on any atom is -0.285 e. The van der Waals surface area contributed by atoms with Crippen molar-refractivity contribution in [1.82, 2.24) is 15.2 Å². The van der Waals surface area contributed by atoms with Gasteiger partial charge in [0.05, 0.1) is 6.20 Å². The fourth-order valence-corrected chi connectivity index (χ4v) is 0.849. The maximum absolute atomic E-state index is 5.75. The van der Waals surface area contributed by atoms with Gasteiger partial charge in [0.25, 0.3) is 0 Å². The summed E-state index contributed by atoms with van der Waals surface area (Å²) in [6.07, 6.45) is 3.34. The van der Waals surface area contributed by atoms with Crippen molar-refractivity contribution in [3.8, 4) is 0 Å². The van der Waals surface area contributed by atoms with E-state index >= 15 is 0 Å². The van der Waals surface area contributed by atoms with Gasteiger partial charge < -0.3 is 0 Å². The second kappa shape index (κ2) is 4.07. The molecule has 1 aromatic heterocycles. The fourth-order valence-electron chi connectivity index (χ4n) is 0.666. The van der Waals surface area contributed by atoms with Crippen molar-refractivity contribution in [3.05, 3.63) is 34.9 Å². The number of nitrogens with zero attached hydrogens (tertiary/aromatic N) is 2. The van der Waals surface area contributed by atoms with E-state index in [9.17, 15) is 0 Å². The lowest BCUT2D eigenvalue weighted by atomic mass is 10.3. The maximum atomic E-state index is 5.75. The number of aromatic amines is 1. The quantitative estimate of drug-likeness (QED) is 0.670. The summed E-state index contributed by atoms with van der Waals surface area (Å²) < 4.78 is 0. The normalized spacial score (nSPS) is 9.25. The molecule has 0 unspecified atom stereocenters. The molecule has 64 valence electrons. The van der Waals surface area contributed by atoms with E-state index < -0.39 is 0 Å². The van der Waals surface area contributed by atoms with Crippen LogP contribution in [0.4, 0.5) is 0 Å². The molecule has 3 nitrogen and oxygen atoms in total. The summed E-state index contributed by atoms with van der Waals surface area (Å²) in [5.41, 5.74) is 1.90. The molecule has 0 saturated carbocycles. The molecule has 0 radical (unpaired) electrons. The Hall–Kier alpha value is -1.09. The molecule has 1 rings (SSSR count). The molecular weight excluding hydrogens is 174 g/mol. The van der Waals surface area contributed by atoms with Gasteiger partial charge in [-0.1, -0.05) is 11.6 Å². The molecule has 0 fully saturated rings. The monoisotopic (exact) mass is 183 g/mol. The Labute approximate surface area is 76.1 Å². The molecule has 0 saturated heterocycles. The van der Waals surface area contributed by atoms with Gasteiger partial charge in [0.15, 0.2) is 0 Å². The summed E-state index contributed by atoms with van der Waals surface area (Å²) in [5.74, 6) is 0. The van der Waals surface area contributed by atoms with Gasteiger partial charge >= 0.3 is 0 Å². The van der Waals surface area contributed by atoms with E-state index in [4.69, 9.17) is 11.6 Å². The van der Waals surface area contributed by atoms with Crippen molar-refractivity contribution in [2.45, 2.75) is 13.8 Å². The third kappa shape index (κ3) is 2.51. The summed E-state index contributed by atoms with van der Waals surface area (Å²) in [7, 11) is 0. The summed E-state index contributed by atoms with van der Waals surface area (Å²) in [5, 5.41) is 7.03. The zero-order chi connectivity index (χ0) is 8.97. The second-order valence-corrected chi connectivity index (χ2v) is 2.81. The topological polar surface area (TPSA) is 41.6 Å². The Bertz CT molecular complexity index is 318. The Morgan fingerprint density at radius 2 is 2.17 bits per heavy atom. The van der Waals surface area contributed by atoms with E-state index in [0.717, 1.165) is 11.3 Å². The minimum absolute atomic E-state index is 0.438. The summed E-state index contributed by atoms with van der Waals surface area (Å²) in [6, 6.07) is 1.63. The molecule has 0 aromatic carbocycles. The van der Waals surface area contributed by atoms with Crippen LogP contribution in [0.3, 0.4) is 0 Å². The van der Waals surface area contributed by atoms with Crippen LogP contribution in [0.2, 0.25) is 5.15 Å². The van der Waals surface area contributed by atoms with Crippen molar-refractivity contribution in [2.75, 3.05) is 0 Å². The van der Waals surface area contributed by atoms with Crippen molar-refractivity contribution < 1.29 is 0 Å². The van der Waals surface area contributed by atoms with Crippen LogP contribution in [0, 0.1) is 13.8 Å². The predicted octanol–water partition coefficient (Wildman–Crippen LogP) is 2.20. The van der Waals surface area contributed by atoms with Gasteiger partial charge in [0.2, 0.25) is 0 Å². The van der Waals surface area contributed by atoms with E-state index in [2.05, 4.69) is 15.2 Å². The lowest BCUT2D eigenvalue weighted by molar-refractivity contribution is 1.03. The second-order valence-electron chi connectivity index (χ2n) is 2.42. The first-order chi connectivity index (χ1) is 5.70. The average molecular weight is 184 g/mol. The molecule has 1 N–H and O–H groups in total. The van der Waals surface area contributed by atoms with E-state index in [0.29, 0.717) is 5.15 Å².